The third-order valence-corrected chi connectivity index (χ3v) is 5.40. The Kier molecular flexibility index (Phi) is 5.27. The molecule has 4 nitrogen and oxygen atoms in total. The Morgan fingerprint density at radius 3 is 2.38 bits per heavy atom. The number of hydrogen-bond donors (Lipinski definition) is 2. The lowest BCUT2D eigenvalue weighted by Crippen LogP contribution is -2.13. The molecule has 0 heterocycles. The molecule has 0 saturated carbocycles. The van der Waals surface area contributed by atoms with Gasteiger partial charge in [0.05, 0.1) is 15.6 Å². The smallest absolute Gasteiger partial charge is 0.261 e. The number of nitrogens with one attached hydrogen (secondary N) is 2. The van der Waals surface area contributed by atoms with Crippen molar-refractivity contribution >= 4 is 43.2 Å². The van der Waals surface area contributed by atoms with E-state index in [1.54, 1.807) is 42.5 Å². The molecule has 2 aromatic carbocycles. The van der Waals surface area contributed by atoms with Crippen molar-refractivity contribution in [2.45, 2.75) is 11.4 Å². The van der Waals surface area contributed by atoms with E-state index in [0.29, 0.717) is 21.7 Å². The van der Waals surface area contributed by atoms with Crippen LogP contribution >= 0.6 is 27.5 Å². The third-order valence-electron chi connectivity index (χ3n) is 2.79. The summed E-state index contributed by atoms with van der Waals surface area (Å²) in [4.78, 5) is 0.216. The van der Waals surface area contributed by atoms with E-state index in [9.17, 15) is 8.42 Å². The van der Waals surface area contributed by atoms with Crippen LogP contribution in [-0.2, 0) is 16.6 Å². The van der Waals surface area contributed by atoms with Crippen LogP contribution in [0.5, 0.6) is 0 Å². The van der Waals surface area contributed by atoms with E-state index < -0.39 is 10.0 Å². The van der Waals surface area contributed by atoms with Crippen LogP contribution in [0.3, 0.4) is 0 Å². The zero-order valence-corrected chi connectivity index (χ0v) is 14.4. The summed E-state index contributed by atoms with van der Waals surface area (Å²) < 4.78 is 27.7. The van der Waals surface area contributed by atoms with Gasteiger partial charge in [-0.3, -0.25) is 4.72 Å². The molecule has 0 atom stereocenters. The van der Waals surface area contributed by atoms with Crippen LogP contribution in [-0.4, -0.2) is 15.5 Å². The lowest BCUT2D eigenvalue weighted by Gasteiger charge is -2.09. The van der Waals surface area contributed by atoms with Crippen molar-refractivity contribution in [1.29, 1.82) is 0 Å². The first-order valence-electron chi connectivity index (χ1n) is 6.14. The fourth-order valence-corrected chi connectivity index (χ4v) is 3.31. The summed E-state index contributed by atoms with van der Waals surface area (Å²) >= 11 is 9.15. The Bertz CT molecular complexity index is 733. The molecule has 0 radical (unpaired) electrons. The lowest BCUT2D eigenvalue weighted by molar-refractivity contribution is 0.601. The predicted octanol–water partition coefficient (Wildman–Crippen LogP) is 3.62. The van der Waals surface area contributed by atoms with Crippen molar-refractivity contribution in [3.8, 4) is 0 Å². The van der Waals surface area contributed by atoms with Crippen LogP contribution in [0.15, 0.2) is 51.8 Å². The third kappa shape index (κ3) is 4.20. The van der Waals surface area contributed by atoms with Gasteiger partial charge in [0, 0.05) is 11.0 Å². The number of sulfonamides is 1. The van der Waals surface area contributed by atoms with E-state index in [1.165, 1.54) is 0 Å². The van der Waals surface area contributed by atoms with Gasteiger partial charge in [-0.05, 0) is 58.9 Å². The number of benzene rings is 2. The van der Waals surface area contributed by atoms with E-state index in [2.05, 4.69) is 26.0 Å². The average molecular weight is 390 g/mol. The molecule has 2 rings (SSSR count). The molecule has 112 valence electrons. The van der Waals surface area contributed by atoms with Crippen molar-refractivity contribution in [2.24, 2.45) is 0 Å². The summed E-state index contributed by atoms with van der Waals surface area (Å²) in [6, 6.07) is 11.6. The molecule has 2 N–H and O–H groups in total. The highest BCUT2D eigenvalue weighted by atomic mass is 79.9. The van der Waals surface area contributed by atoms with Gasteiger partial charge in [-0.1, -0.05) is 23.7 Å². The van der Waals surface area contributed by atoms with Gasteiger partial charge in [0.1, 0.15) is 0 Å². The van der Waals surface area contributed by atoms with Crippen molar-refractivity contribution < 1.29 is 8.42 Å². The maximum absolute atomic E-state index is 12.3. The van der Waals surface area contributed by atoms with Crippen LogP contribution in [0.2, 0.25) is 5.02 Å². The number of halogens is 2. The molecule has 0 fully saturated rings. The molecule has 2 aromatic rings. The van der Waals surface area contributed by atoms with Crippen LogP contribution in [0.25, 0.3) is 0 Å². The van der Waals surface area contributed by atoms with Gasteiger partial charge >= 0.3 is 0 Å². The summed E-state index contributed by atoms with van der Waals surface area (Å²) in [6.07, 6.45) is 0. The quantitative estimate of drug-likeness (QED) is 0.821. The summed E-state index contributed by atoms with van der Waals surface area (Å²) in [5.41, 5.74) is 1.47. The molecule has 0 unspecified atom stereocenters. The number of anilines is 1. The summed E-state index contributed by atoms with van der Waals surface area (Å²) in [5, 5.41) is 3.53. The van der Waals surface area contributed by atoms with Gasteiger partial charge in [-0.2, -0.15) is 0 Å². The van der Waals surface area contributed by atoms with Gasteiger partial charge in [0.2, 0.25) is 0 Å². The molecular weight excluding hydrogens is 376 g/mol. The first kappa shape index (κ1) is 16.3. The molecule has 0 saturated heterocycles. The number of hydrogen-bond acceptors (Lipinski definition) is 3. The Hall–Kier alpha value is -1.08. The van der Waals surface area contributed by atoms with Gasteiger partial charge in [-0.25, -0.2) is 8.42 Å². The van der Waals surface area contributed by atoms with Crippen LogP contribution in [0.4, 0.5) is 5.69 Å². The van der Waals surface area contributed by atoms with Gasteiger partial charge < -0.3 is 5.32 Å². The summed E-state index contributed by atoms with van der Waals surface area (Å²) in [6.45, 7) is 0.692. The molecule has 7 heteroatoms. The molecule has 0 aliphatic carbocycles. The molecular formula is C14H14BrClN2O2S. The molecule has 0 bridgehead atoms. The minimum Gasteiger partial charge on any atom is -0.316 e. The number of rotatable bonds is 5. The Balaban J connectivity index is 2.23. The summed E-state index contributed by atoms with van der Waals surface area (Å²) in [5.74, 6) is 0. The first-order chi connectivity index (χ1) is 9.92. The SMILES string of the molecule is CNCc1ccc(S(=O)(=O)Nc2ccc(Cl)c(Br)c2)cc1. The second-order valence-electron chi connectivity index (χ2n) is 4.41. The van der Waals surface area contributed by atoms with Crippen molar-refractivity contribution in [3.05, 3.63) is 57.5 Å². The van der Waals surface area contributed by atoms with E-state index in [0.717, 1.165) is 5.56 Å². The average Bonchev–Trinajstić information content (AvgIpc) is 2.44. The molecule has 0 amide bonds. The Morgan fingerprint density at radius 2 is 1.81 bits per heavy atom. The maximum Gasteiger partial charge on any atom is 0.261 e. The molecule has 0 aliphatic rings. The minimum atomic E-state index is -3.61. The zero-order valence-electron chi connectivity index (χ0n) is 11.2. The standard InChI is InChI=1S/C14H14BrClN2O2S/c1-17-9-10-2-5-12(6-3-10)21(19,20)18-11-4-7-14(16)13(15)8-11/h2-8,17-18H,9H2,1H3. The summed E-state index contributed by atoms with van der Waals surface area (Å²) in [7, 11) is -1.77. The zero-order chi connectivity index (χ0) is 15.5. The minimum absolute atomic E-state index is 0.216. The highest BCUT2D eigenvalue weighted by Crippen LogP contribution is 2.27. The van der Waals surface area contributed by atoms with Gasteiger partial charge in [0.15, 0.2) is 0 Å². The van der Waals surface area contributed by atoms with E-state index >= 15 is 0 Å². The molecule has 21 heavy (non-hydrogen) atoms. The second kappa shape index (κ2) is 6.79. The van der Waals surface area contributed by atoms with Gasteiger partial charge in [0.25, 0.3) is 10.0 Å². The second-order valence-corrected chi connectivity index (χ2v) is 7.35. The van der Waals surface area contributed by atoms with Crippen molar-refractivity contribution in [2.75, 3.05) is 11.8 Å². The molecule has 0 aliphatic heterocycles. The lowest BCUT2D eigenvalue weighted by atomic mass is 10.2. The molecule has 0 spiro atoms. The van der Waals surface area contributed by atoms with Gasteiger partial charge in [-0.15, -0.1) is 0 Å². The predicted molar refractivity (Wildman–Crippen MR) is 89.2 cm³/mol. The Labute approximate surface area is 137 Å². The normalized spacial score (nSPS) is 11.4. The van der Waals surface area contributed by atoms with Crippen LogP contribution in [0.1, 0.15) is 5.56 Å². The van der Waals surface area contributed by atoms with E-state index in [-0.39, 0.29) is 4.90 Å². The maximum atomic E-state index is 12.3. The largest absolute Gasteiger partial charge is 0.316 e. The van der Waals surface area contributed by atoms with Crippen molar-refractivity contribution in [1.82, 2.24) is 5.32 Å². The highest BCUT2D eigenvalue weighted by Gasteiger charge is 2.14. The highest BCUT2D eigenvalue weighted by molar-refractivity contribution is 9.10. The first-order valence-corrected chi connectivity index (χ1v) is 8.79. The Morgan fingerprint density at radius 1 is 1.14 bits per heavy atom. The van der Waals surface area contributed by atoms with E-state index in [4.69, 9.17) is 11.6 Å². The fourth-order valence-electron chi connectivity index (χ4n) is 1.76. The molecule has 0 aromatic heterocycles. The van der Waals surface area contributed by atoms with Crippen LogP contribution < -0.4 is 10.0 Å². The van der Waals surface area contributed by atoms with Crippen LogP contribution in [0, 0.1) is 0 Å². The van der Waals surface area contributed by atoms with Crippen molar-refractivity contribution in [3.63, 3.8) is 0 Å². The topological polar surface area (TPSA) is 58.2 Å². The monoisotopic (exact) mass is 388 g/mol. The fraction of sp³-hybridized carbons (Fsp3) is 0.143. The van der Waals surface area contributed by atoms with E-state index in [1.807, 2.05) is 7.05 Å².